The van der Waals surface area contributed by atoms with Crippen molar-refractivity contribution in [1.82, 2.24) is 0 Å². The van der Waals surface area contributed by atoms with Crippen molar-refractivity contribution in [1.29, 1.82) is 0 Å². The van der Waals surface area contributed by atoms with Gasteiger partial charge in [0.25, 0.3) is 0 Å². The van der Waals surface area contributed by atoms with E-state index in [2.05, 4.69) is 39.0 Å². The zero-order chi connectivity index (χ0) is 11.1. The van der Waals surface area contributed by atoms with Gasteiger partial charge in [0.2, 0.25) is 0 Å². The van der Waals surface area contributed by atoms with Gasteiger partial charge < -0.3 is 0 Å². The van der Waals surface area contributed by atoms with Gasteiger partial charge in [0.1, 0.15) is 0 Å². The molecule has 0 aliphatic heterocycles. The third kappa shape index (κ3) is 5.74. The third-order valence-corrected chi connectivity index (χ3v) is 2.51. The van der Waals surface area contributed by atoms with E-state index in [1.807, 2.05) is 13.8 Å². The maximum absolute atomic E-state index is 2.32. The molecule has 0 saturated carbocycles. The van der Waals surface area contributed by atoms with Crippen LogP contribution in [0.2, 0.25) is 3.67 Å². The number of hydrogen-bond donors (Lipinski definition) is 0. The summed E-state index contributed by atoms with van der Waals surface area (Å²) in [6.45, 7) is 10.7. The van der Waals surface area contributed by atoms with E-state index in [9.17, 15) is 0 Å². The molecule has 0 heterocycles. The average Bonchev–Trinajstić information content (AvgIpc) is 2.04. The Bertz CT molecular complexity index is 244. The number of aryl methyl sites for hydroxylation is 2. The molecule has 0 spiro atoms. The van der Waals surface area contributed by atoms with Crippen molar-refractivity contribution in [2.45, 2.75) is 44.7 Å². The van der Waals surface area contributed by atoms with E-state index in [0.717, 1.165) is 3.67 Å². The normalized spacial score (nSPS) is 11.5. The number of rotatable bonds is 2. The van der Waals surface area contributed by atoms with Crippen LogP contribution in [0.15, 0.2) is 18.2 Å². The van der Waals surface area contributed by atoms with E-state index < -0.39 is 0 Å². The Labute approximate surface area is 104 Å². The molecule has 0 aliphatic rings. The molecule has 0 nitrogen and oxygen atoms in total. The van der Waals surface area contributed by atoms with Gasteiger partial charge in [0.05, 0.1) is 0 Å². The molecule has 1 rings (SSSR count). The molecule has 1 unspecified atom stereocenters. The molecule has 1 aromatic carbocycles. The molecule has 1 atom stereocenters. The van der Waals surface area contributed by atoms with E-state index in [1.54, 1.807) is 0 Å². The Morgan fingerprint density at radius 1 is 1.07 bits per heavy atom. The summed E-state index contributed by atoms with van der Waals surface area (Å²) in [7, 11) is 0. The Morgan fingerprint density at radius 2 is 1.50 bits per heavy atom. The second-order valence-electron chi connectivity index (χ2n) is 3.68. The number of benzene rings is 1. The molecular formula is C13H21In. The Balaban J connectivity index is 0.000000791. The molecular weight excluding hydrogens is 271 g/mol. The predicted octanol–water partition coefficient (Wildman–Crippen LogP) is 3.85. The van der Waals surface area contributed by atoms with Crippen molar-refractivity contribution in [3.63, 3.8) is 0 Å². The van der Waals surface area contributed by atoms with Crippen LogP contribution in [-0.4, -0.2) is 24.4 Å². The van der Waals surface area contributed by atoms with Crippen LogP contribution >= 0.6 is 0 Å². The van der Waals surface area contributed by atoms with Gasteiger partial charge in [-0.15, -0.1) is 0 Å². The quantitative estimate of drug-likeness (QED) is 0.776. The first-order valence-electron chi connectivity index (χ1n) is 5.40. The third-order valence-electron chi connectivity index (χ3n) is 1.84. The van der Waals surface area contributed by atoms with Gasteiger partial charge in [0, 0.05) is 0 Å². The van der Waals surface area contributed by atoms with Gasteiger partial charge in [-0.25, -0.2) is 0 Å². The van der Waals surface area contributed by atoms with Crippen LogP contribution in [0.5, 0.6) is 0 Å². The molecule has 0 bridgehead atoms. The molecule has 14 heavy (non-hydrogen) atoms. The van der Waals surface area contributed by atoms with E-state index in [1.165, 1.54) is 47.5 Å². The molecule has 76 valence electrons. The fourth-order valence-corrected chi connectivity index (χ4v) is 2.34. The van der Waals surface area contributed by atoms with Gasteiger partial charge >= 0.3 is 90.1 Å². The monoisotopic (exact) mass is 292 g/mol. The predicted molar refractivity (Wildman–Crippen MR) is 66.1 cm³/mol. The molecule has 0 saturated heterocycles. The molecule has 0 fully saturated rings. The fraction of sp³-hybridized carbons (Fsp3) is 0.538. The zero-order valence-corrected chi connectivity index (χ0v) is 13.4. The molecule has 1 aromatic rings. The van der Waals surface area contributed by atoms with Crippen LogP contribution in [0.1, 0.15) is 37.5 Å². The molecule has 0 N–H and O–H groups in total. The second-order valence-corrected chi connectivity index (χ2v) is 6.93. The van der Waals surface area contributed by atoms with Crippen LogP contribution < -0.4 is 0 Å². The Morgan fingerprint density at radius 3 is 1.86 bits per heavy atom. The maximum atomic E-state index is 2.32. The average molecular weight is 292 g/mol. The van der Waals surface area contributed by atoms with Gasteiger partial charge in [0.15, 0.2) is 0 Å². The molecule has 0 aromatic heterocycles. The first-order valence-corrected chi connectivity index (χ1v) is 7.31. The van der Waals surface area contributed by atoms with Gasteiger partial charge in [-0.3, -0.25) is 0 Å². The second kappa shape index (κ2) is 7.39. The Kier molecular flexibility index (Phi) is 7.44. The molecule has 1 heteroatoms. The van der Waals surface area contributed by atoms with Crippen LogP contribution in [0.25, 0.3) is 0 Å². The number of hydrogen-bond acceptors (Lipinski definition) is 0. The summed E-state index contributed by atoms with van der Waals surface area (Å²) in [6.07, 6.45) is 1.25. The van der Waals surface area contributed by atoms with E-state index >= 15 is 0 Å². The minimum atomic E-state index is 0.886. The van der Waals surface area contributed by atoms with E-state index in [4.69, 9.17) is 0 Å². The van der Waals surface area contributed by atoms with Gasteiger partial charge in [-0.05, 0) is 0 Å². The van der Waals surface area contributed by atoms with Gasteiger partial charge in [-0.1, -0.05) is 13.8 Å². The van der Waals surface area contributed by atoms with Crippen molar-refractivity contribution in [3.8, 4) is 0 Å². The van der Waals surface area contributed by atoms with Crippen LogP contribution in [0.4, 0.5) is 0 Å². The van der Waals surface area contributed by atoms with Crippen molar-refractivity contribution >= 4 is 24.4 Å². The SMILES string of the molecule is CC.Cc1cc(C)cc(C[CH](C)[In])c1. The first-order chi connectivity index (χ1) is 6.58. The van der Waals surface area contributed by atoms with E-state index in [0.29, 0.717) is 0 Å². The summed E-state index contributed by atoms with van der Waals surface area (Å²) in [5.74, 6) is 0. The fourth-order valence-electron chi connectivity index (χ4n) is 1.56. The van der Waals surface area contributed by atoms with Crippen LogP contribution in [0, 0.1) is 13.8 Å². The summed E-state index contributed by atoms with van der Waals surface area (Å²) in [5, 5.41) is 0. The van der Waals surface area contributed by atoms with Crippen molar-refractivity contribution in [2.24, 2.45) is 0 Å². The van der Waals surface area contributed by atoms with Gasteiger partial charge in [-0.2, -0.15) is 0 Å². The minimum absolute atomic E-state index is 0.886. The Hall–Kier alpha value is 0.0901. The van der Waals surface area contributed by atoms with Crippen LogP contribution in [-0.2, 0) is 6.42 Å². The van der Waals surface area contributed by atoms with Crippen LogP contribution in [0.3, 0.4) is 0 Å². The van der Waals surface area contributed by atoms with Crippen molar-refractivity contribution in [2.75, 3.05) is 0 Å². The van der Waals surface area contributed by atoms with E-state index in [-0.39, 0.29) is 0 Å². The topological polar surface area (TPSA) is 0 Å². The summed E-state index contributed by atoms with van der Waals surface area (Å²) in [4.78, 5) is 0. The standard InChI is InChI=1S/C11H15.C2H6.In/c1-4-5-11-7-9(2)6-10(3)8-11;1-2;/h4,6-8H,5H2,1-3H3;1-2H3;. The summed E-state index contributed by atoms with van der Waals surface area (Å²) in [5.41, 5.74) is 4.30. The summed E-state index contributed by atoms with van der Waals surface area (Å²) < 4.78 is 0.886. The molecule has 0 amide bonds. The summed E-state index contributed by atoms with van der Waals surface area (Å²) in [6, 6.07) is 6.85. The first kappa shape index (κ1) is 14.1. The zero-order valence-electron chi connectivity index (χ0n) is 10.1. The molecule has 2 radical (unpaired) electrons. The van der Waals surface area contributed by atoms with Crippen molar-refractivity contribution < 1.29 is 0 Å². The summed E-state index contributed by atoms with van der Waals surface area (Å²) >= 11 is 1.36. The molecule has 0 aliphatic carbocycles. The van der Waals surface area contributed by atoms with Crippen molar-refractivity contribution in [3.05, 3.63) is 34.9 Å².